The number of alkyl halides is 1. The summed E-state index contributed by atoms with van der Waals surface area (Å²) in [6, 6.07) is 0. The van der Waals surface area contributed by atoms with Crippen LogP contribution < -0.4 is 0 Å². The van der Waals surface area contributed by atoms with Crippen molar-refractivity contribution in [2.75, 3.05) is 5.33 Å². The Kier molecular flexibility index (Phi) is 3.63. The fraction of sp³-hybridized carbons (Fsp3) is 1.00. The first-order valence-corrected chi connectivity index (χ1v) is 6.30. The Bertz CT molecular complexity index is 140. The van der Waals surface area contributed by atoms with E-state index >= 15 is 0 Å². The molecule has 72 valence electrons. The van der Waals surface area contributed by atoms with Crippen LogP contribution in [0.3, 0.4) is 0 Å². The highest BCUT2D eigenvalue weighted by Crippen LogP contribution is 2.50. The van der Waals surface area contributed by atoms with E-state index in [1.165, 1.54) is 31.0 Å². The van der Waals surface area contributed by atoms with Gasteiger partial charge in [0.15, 0.2) is 0 Å². The molecule has 0 amide bonds. The Morgan fingerprint density at radius 3 is 2.42 bits per heavy atom. The maximum atomic E-state index is 3.67. The van der Waals surface area contributed by atoms with Gasteiger partial charge in [-0.25, -0.2) is 0 Å². The molecule has 0 aromatic rings. The Morgan fingerprint density at radius 2 is 2.08 bits per heavy atom. The second-order valence-electron chi connectivity index (χ2n) is 4.78. The van der Waals surface area contributed by atoms with E-state index in [-0.39, 0.29) is 0 Å². The largest absolute Gasteiger partial charge is 0.0922 e. The van der Waals surface area contributed by atoms with Crippen LogP contribution in [-0.4, -0.2) is 5.33 Å². The molecule has 2 atom stereocenters. The van der Waals surface area contributed by atoms with Crippen LogP contribution in [-0.2, 0) is 0 Å². The van der Waals surface area contributed by atoms with Crippen LogP contribution in [0.5, 0.6) is 0 Å². The summed E-state index contributed by atoms with van der Waals surface area (Å²) in [4.78, 5) is 0. The zero-order chi connectivity index (χ0) is 9.19. The number of rotatable bonds is 5. The van der Waals surface area contributed by atoms with Gasteiger partial charge in [-0.05, 0) is 36.5 Å². The molecule has 2 unspecified atom stereocenters. The predicted octanol–water partition coefficient (Wildman–Crippen LogP) is 4.23. The minimum absolute atomic E-state index is 0.593. The molecule has 0 spiro atoms. The van der Waals surface area contributed by atoms with E-state index in [9.17, 15) is 0 Å². The topological polar surface area (TPSA) is 0 Å². The fourth-order valence-electron chi connectivity index (χ4n) is 2.05. The molecule has 0 aliphatic heterocycles. The van der Waals surface area contributed by atoms with Crippen LogP contribution in [0.15, 0.2) is 0 Å². The number of hydrogen-bond donors (Lipinski definition) is 0. The third-order valence-corrected chi connectivity index (χ3v) is 4.66. The van der Waals surface area contributed by atoms with Crippen molar-refractivity contribution in [2.45, 2.75) is 46.5 Å². The van der Waals surface area contributed by atoms with Gasteiger partial charge in [-0.3, -0.25) is 0 Å². The molecule has 1 aliphatic carbocycles. The average molecular weight is 233 g/mol. The third-order valence-electron chi connectivity index (χ3n) is 3.38. The summed E-state index contributed by atoms with van der Waals surface area (Å²) in [6.07, 6.45) is 5.67. The van der Waals surface area contributed by atoms with Crippen LogP contribution in [0.25, 0.3) is 0 Å². The number of halogens is 1. The molecule has 0 heterocycles. The molecule has 0 bridgehead atoms. The fourth-order valence-corrected chi connectivity index (χ4v) is 2.74. The summed E-state index contributed by atoms with van der Waals surface area (Å²) in [7, 11) is 0. The highest BCUT2D eigenvalue weighted by atomic mass is 79.9. The average Bonchev–Trinajstić information content (AvgIpc) is 2.86. The first kappa shape index (κ1) is 10.6. The molecule has 0 aromatic carbocycles. The second kappa shape index (κ2) is 4.13. The summed E-state index contributed by atoms with van der Waals surface area (Å²) in [6.45, 7) is 7.13. The lowest BCUT2D eigenvalue weighted by Crippen LogP contribution is -2.23. The minimum Gasteiger partial charge on any atom is -0.0922 e. The Labute approximate surface area is 85.3 Å². The SMILES string of the molecule is CCC(C)CC(C)(CBr)C1CC1. The minimum atomic E-state index is 0.593. The lowest BCUT2D eigenvalue weighted by molar-refractivity contribution is 0.242. The van der Waals surface area contributed by atoms with Crippen LogP contribution >= 0.6 is 15.9 Å². The van der Waals surface area contributed by atoms with Crippen molar-refractivity contribution in [1.29, 1.82) is 0 Å². The standard InChI is InChI=1S/C11H21Br/c1-4-9(2)7-11(3,8-12)10-5-6-10/h9-10H,4-8H2,1-3H3. The molecule has 0 nitrogen and oxygen atoms in total. The molecule has 1 rings (SSSR count). The van der Waals surface area contributed by atoms with Gasteiger partial charge in [0.05, 0.1) is 0 Å². The molecule has 12 heavy (non-hydrogen) atoms. The summed E-state index contributed by atoms with van der Waals surface area (Å²) in [5.74, 6) is 1.92. The molecule has 1 saturated carbocycles. The van der Waals surface area contributed by atoms with Gasteiger partial charge >= 0.3 is 0 Å². The van der Waals surface area contributed by atoms with Crippen molar-refractivity contribution in [3.8, 4) is 0 Å². The van der Waals surface area contributed by atoms with Crippen molar-refractivity contribution in [1.82, 2.24) is 0 Å². The molecule has 1 aliphatic rings. The van der Waals surface area contributed by atoms with E-state index in [0.717, 1.165) is 11.8 Å². The highest BCUT2D eigenvalue weighted by molar-refractivity contribution is 9.09. The van der Waals surface area contributed by atoms with E-state index in [0.29, 0.717) is 5.41 Å². The van der Waals surface area contributed by atoms with Gasteiger partial charge in [0.1, 0.15) is 0 Å². The van der Waals surface area contributed by atoms with Gasteiger partial charge in [0, 0.05) is 5.33 Å². The van der Waals surface area contributed by atoms with Crippen LogP contribution in [0.2, 0.25) is 0 Å². The molecule has 1 fully saturated rings. The molecule has 1 heteroatoms. The van der Waals surface area contributed by atoms with Gasteiger partial charge in [0.2, 0.25) is 0 Å². The first-order valence-electron chi connectivity index (χ1n) is 5.18. The molecule has 0 aromatic heterocycles. The van der Waals surface area contributed by atoms with E-state index in [1.54, 1.807) is 0 Å². The summed E-state index contributed by atoms with van der Waals surface area (Å²) >= 11 is 3.67. The number of hydrogen-bond acceptors (Lipinski definition) is 0. The Morgan fingerprint density at radius 1 is 1.50 bits per heavy atom. The van der Waals surface area contributed by atoms with E-state index in [4.69, 9.17) is 0 Å². The van der Waals surface area contributed by atoms with Crippen molar-refractivity contribution < 1.29 is 0 Å². The van der Waals surface area contributed by atoms with Gasteiger partial charge in [-0.15, -0.1) is 0 Å². The van der Waals surface area contributed by atoms with Crippen LogP contribution in [0, 0.1) is 17.3 Å². The van der Waals surface area contributed by atoms with Gasteiger partial charge < -0.3 is 0 Å². The Hall–Kier alpha value is 0.480. The van der Waals surface area contributed by atoms with Crippen molar-refractivity contribution >= 4 is 15.9 Å². The first-order chi connectivity index (χ1) is 5.62. The normalized spacial score (nSPS) is 25.0. The third kappa shape index (κ3) is 2.48. The van der Waals surface area contributed by atoms with E-state index in [2.05, 4.69) is 36.7 Å². The zero-order valence-corrected chi connectivity index (χ0v) is 10.2. The van der Waals surface area contributed by atoms with Gasteiger partial charge in [0.25, 0.3) is 0 Å². The van der Waals surface area contributed by atoms with E-state index < -0.39 is 0 Å². The molecular formula is C11H21Br. The monoisotopic (exact) mass is 232 g/mol. The maximum absolute atomic E-state index is 3.67. The summed E-state index contributed by atoms with van der Waals surface area (Å²) in [5, 5.41) is 1.19. The quantitative estimate of drug-likeness (QED) is 0.623. The lowest BCUT2D eigenvalue weighted by atomic mass is 9.78. The van der Waals surface area contributed by atoms with Crippen molar-refractivity contribution in [3.05, 3.63) is 0 Å². The molecule has 0 saturated heterocycles. The highest BCUT2D eigenvalue weighted by Gasteiger charge is 2.40. The van der Waals surface area contributed by atoms with Crippen molar-refractivity contribution in [2.24, 2.45) is 17.3 Å². The zero-order valence-electron chi connectivity index (χ0n) is 8.57. The lowest BCUT2D eigenvalue weighted by Gasteiger charge is -2.30. The smallest absolute Gasteiger partial charge is 0.00880 e. The van der Waals surface area contributed by atoms with E-state index in [1.807, 2.05) is 0 Å². The van der Waals surface area contributed by atoms with Crippen LogP contribution in [0.1, 0.15) is 46.5 Å². The molecule has 0 N–H and O–H groups in total. The second-order valence-corrected chi connectivity index (χ2v) is 5.34. The molecular weight excluding hydrogens is 212 g/mol. The maximum Gasteiger partial charge on any atom is 0.00880 e. The summed E-state index contributed by atoms with van der Waals surface area (Å²) < 4.78 is 0. The van der Waals surface area contributed by atoms with Gasteiger partial charge in [-0.1, -0.05) is 43.1 Å². The Balaban J connectivity index is 2.42. The summed E-state index contributed by atoms with van der Waals surface area (Å²) in [5.41, 5.74) is 0.593. The van der Waals surface area contributed by atoms with Crippen LogP contribution in [0.4, 0.5) is 0 Å². The predicted molar refractivity (Wildman–Crippen MR) is 58.7 cm³/mol. The van der Waals surface area contributed by atoms with Gasteiger partial charge in [-0.2, -0.15) is 0 Å². The van der Waals surface area contributed by atoms with Crippen molar-refractivity contribution in [3.63, 3.8) is 0 Å². The molecule has 0 radical (unpaired) electrons.